The van der Waals surface area contributed by atoms with Gasteiger partial charge in [0.05, 0.1) is 39.4 Å². The third kappa shape index (κ3) is 5.91. The topological polar surface area (TPSA) is 101 Å². The molecule has 4 aromatic carbocycles. The number of fused-ring (bicyclic) bond motifs is 8. The molecule has 8 bridgehead atoms. The van der Waals surface area contributed by atoms with E-state index < -0.39 is 10.1 Å². The third-order valence-corrected chi connectivity index (χ3v) is 10.2. The number of benzene rings is 4. The molecule has 2 N–H and O–H groups in total. The van der Waals surface area contributed by atoms with E-state index in [4.69, 9.17) is 14.2 Å². The first-order chi connectivity index (χ1) is 25.5. The average molecular weight is 695 g/mol. The van der Waals surface area contributed by atoms with E-state index in [0.717, 1.165) is 55.9 Å². The van der Waals surface area contributed by atoms with Crippen molar-refractivity contribution in [2.24, 2.45) is 0 Å². The van der Waals surface area contributed by atoms with Crippen molar-refractivity contribution in [1.29, 1.82) is 0 Å². The first-order valence-electron chi connectivity index (χ1n) is 16.8. The number of hydrogen-bond acceptors (Lipinski definition) is 5. The second kappa shape index (κ2) is 12.8. The molecule has 7 nitrogen and oxygen atoms in total. The van der Waals surface area contributed by atoms with E-state index in [1.54, 1.807) is 18.2 Å². The average Bonchev–Trinajstić information content (AvgIpc) is 3.98. The van der Waals surface area contributed by atoms with Gasteiger partial charge < -0.3 is 14.2 Å². The molecule has 7 aromatic rings. The summed E-state index contributed by atoms with van der Waals surface area (Å²) >= 11 is 0. The van der Waals surface area contributed by atoms with E-state index >= 15 is 0 Å². The Kier molecular flexibility index (Phi) is 7.71. The molecule has 52 heavy (non-hydrogen) atoms. The number of aromatic nitrogens is 4. The molecule has 0 spiro atoms. The third-order valence-electron chi connectivity index (χ3n) is 9.00. The van der Waals surface area contributed by atoms with Gasteiger partial charge in [0, 0.05) is 22.2 Å². The van der Waals surface area contributed by atoms with Crippen LogP contribution in [0.2, 0.25) is 0 Å². The number of hydrogen-bond donors (Lipinski definition) is 2. The molecular formula is C44H30N4O3S. The second-order valence-electron chi connectivity index (χ2n) is 12.5. The Bertz CT molecular complexity index is 2810. The number of aromatic amines is 2. The van der Waals surface area contributed by atoms with Gasteiger partial charge >= 0.3 is 10.1 Å². The second-order valence-corrected chi connectivity index (χ2v) is 14.0. The number of rotatable bonds is 6. The fourth-order valence-corrected chi connectivity index (χ4v) is 7.65. The van der Waals surface area contributed by atoms with Crippen molar-refractivity contribution < 1.29 is 12.6 Å². The lowest BCUT2D eigenvalue weighted by Gasteiger charge is -2.12. The highest BCUT2D eigenvalue weighted by Gasteiger charge is 2.27. The van der Waals surface area contributed by atoms with Crippen LogP contribution in [0, 0.1) is 0 Å². The minimum atomic E-state index is -4.27. The van der Waals surface area contributed by atoms with E-state index in [2.05, 4.69) is 28.2 Å². The molecule has 0 unspecified atom stereocenters. The standard InChI is InChI=1S/C44H30N4O3S/c49-52(50,37-19-11-4-12-20-37)51-44-39-28-35-24-23-33(46-35)25-32-21-22-34(45-32)26-36-27-38(29-13-5-1-6-14-29)42(47-36)40(30-15-7-2-8-16-30)43(48-39)41(44)31-17-9-3-10-18-31/h1-28,45,48H. The lowest BCUT2D eigenvalue weighted by atomic mass is 9.93. The Hall–Kier alpha value is -6.77. The maximum absolute atomic E-state index is 14.0. The lowest BCUT2D eigenvalue weighted by molar-refractivity contribution is 0.489. The van der Waals surface area contributed by atoms with Crippen LogP contribution in [-0.4, -0.2) is 28.4 Å². The Morgan fingerprint density at radius 1 is 0.519 bits per heavy atom. The Morgan fingerprint density at radius 2 is 1.06 bits per heavy atom. The van der Waals surface area contributed by atoms with Gasteiger partial charge in [-0.05, 0) is 77.4 Å². The first-order valence-corrected chi connectivity index (χ1v) is 18.2. The van der Waals surface area contributed by atoms with E-state index in [-0.39, 0.29) is 10.6 Å². The fourth-order valence-electron chi connectivity index (χ4n) is 6.67. The smallest absolute Gasteiger partial charge is 0.339 e. The Morgan fingerprint density at radius 3 is 1.69 bits per heavy atom. The summed E-state index contributed by atoms with van der Waals surface area (Å²) in [6, 6.07) is 47.9. The summed E-state index contributed by atoms with van der Waals surface area (Å²) in [4.78, 5) is 17.3. The predicted molar refractivity (Wildman–Crippen MR) is 208 cm³/mol. The number of H-pyrrole nitrogens is 2. The highest BCUT2D eigenvalue weighted by Crippen LogP contribution is 2.46. The van der Waals surface area contributed by atoms with E-state index in [1.165, 1.54) is 12.1 Å². The van der Waals surface area contributed by atoms with Crippen molar-refractivity contribution in [3.63, 3.8) is 0 Å². The minimum Gasteiger partial charge on any atom is -0.376 e. The normalized spacial score (nSPS) is 12.4. The van der Waals surface area contributed by atoms with Crippen molar-refractivity contribution in [3.05, 3.63) is 180 Å². The molecule has 0 atom stereocenters. The zero-order chi connectivity index (χ0) is 35.1. The molecule has 0 saturated heterocycles. The number of nitrogens with zero attached hydrogens (tertiary/aromatic N) is 2. The number of nitrogens with one attached hydrogen (secondary N) is 2. The SMILES string of the molecule is O=S(=O)(Oc1c(-c2ccccc2)c2[nH]c1cc1nc(cc3ccc(cc4nc(c2-c2ccccc2)C(c2ccccc2)=C4)[nH]3)C=C1)c1ccccc1. The molecule has 0 radical (unpaired) electrons. The Balaban J connectivity index is 1.49. The van der Waals surface area contributed by atoms with Crippen molar-refractivity contribution in [1.82, 2.24) is 19.9 Å². The predicted octanol–water partition coefficient (Wildman–Crippen LogP) is 10.2. The van der Waals surface area contributed by atoms with Crippen molar-refractivity contribution >= 4 is 56.0 Å². The molecule has 0 fully saturated rings. The van der Waals surface area contributed by atoms with Crippen LogP contribution in [0.25, 0.3) is 68.1 Å². The van der Waals surface area contributed by atoms with E-state index in [1.807, 2.05) is 121 Å². The first kappa shape index (κ1) is 31.2. The van der Waals surface area contributed by atoms with Crippen molar-refractivity contribution in [3.8, 4) is 28.0 Å². The zero-order valence-electron chi connectivity index (χ0n) is 27.7. The highest BCUT2D eigenvalue weighted by molar-refractivity contribution is 7.87. The van der Waals surface area contributed by atoms with Crippen LogP contribution < -0.4 is 4.18 Å². The van der Waals surface area contributed by atoms with Gasteiger partial charge in [0.25, 0.3) is 0 Å². The van der Waals surface area contributed by atoms with Gasteiger partial charge in [-0.1, -0.05) is 109 Å². The molecule has 2 aliphatic heterocycles. The summed E-state index contributed by atoms with van der Waals surface area (Å²) in [5.41, 5.74) is 10.7. The van der Waals surface area contributed by atoms with Crippen LogP contribution in [0.1, 0.15) is 28.3 Å². The summed E-state index contributed by atoms with van der Waals surface area (Å²) in [6.07, 6.45) is 5.92. The lowest BCUT2D eigenvalue weighted by Crippen LogP contribution is -2.09. The van der Waals surface area contributed by atoms with Crippen LogP contribution in [0.15, 0.2) is 157 Å². The van der Waals surface area contributed by atoms with E-state index in [0.29, 0.717) is 22.3 Å². The molecular weight excluding hydrogens is 665 g/mol. The van der Waals surface area contributed by atoms with Gasteiger partial charge in [-0.2, -0.15) is 8.42 Å². The molecule has 250 valence electrons. The van der Waals surface area contributed by atoms with Gasteiger partial charge in [-0.25, -0.2) is 9.97 Å². The summed E-state index contributed by atoms with van der Waals surface area (Å²) in [5, 5.41) is 0. The van der Waals surface area contributed by atoms with Gasteiger partial charge in [0.1, 0.15) is 4.90 Å². The van der Waals surface area contributed by atoms with Gasteiger partial charge in [-0.15, -0.1) is 0 Å². The minimum absolute atomic E-state index is 0.0473. The molecule has 0 amide bonds. The summed E-state index contributed by atoms with van der Waals surface area (Å²) in [7, 11) is -4.27. The summed E-state index contributed by atoms with van der Waals surface area (Å²) < 4.78 is 34.3. The maximum atomic E-state index is 14.0. The van der Waals surface area contributed by atoms with Crippen LogP contribution in [-0.2, 0) is 10.1 Å². The summed E-state index contributed by atoms with van der Waals surface area (Å²) in [5.74, 6) is 0.157. The fraction of sp³-hybridized carbons (Fsp3) is 0. The van der Waals surface area contributed by atoms with Crippen LogP contribution in [0.5, 0.6) is 5.75 Å². The largest absolute Gasteiger partial charge is 0.376 e. The molecule has 9 rings (SSSR count). The zero-order valence-corrected chi connectivity index (χ0v) is 28.5. The van der Waals surface area contributed by atoms with Crippen LogP contribution in [0.3, 0.4) is 0 Å². The van der Waals surface area contributed by atoms with Gasteiger partial charge in [-0.3, -0.25) is 0 Å². The van der Waals surface area contributed by atoms with E-state index in [9.17, 15) is 8.42 Å². The maximum Gasteiger partial charge on any atom is 0.339 e. The molecule has 2 aliphatic rings. The Labute approximate surface area is 300 Å². The van der Waals surface area contributed by atoms with Crippen molar-refractivity contribution in [2.45, 2.75) is 4.90 Å². The molecule has 0 saturated carbocycles. The molecule has 3 aromatic heterocycles. The molecule has 5 heterocycles. The highest BCUT2D eigenvalue weighted by atomic mass is 32.2. The monoisotopic (exact) mass is 694 g/mol. The van der Waals surface area contributed by atoms with Crippen molar-refractivity contribution in [2.75, 3.05) is 0 Å². The quantitative estimate of drug-likeness (QED) is 0.169. The summed E-state index contributed by atoms with van der Waals surface area (Å²) in [6.45, 7) is 0. The van der Waals surface area contributed by atoms with Gasteiger partial charge in [0.15, 0.2) is 5.75 Å². The molecule has 8 heteroatoms. The van der Waals surface area contributed by atoms with Crippen LogP contribution >= 0.6 is 0 Å². The molecule has 0 aliphatic carbocycles. The van der Waals surface area contributed by atoms with Gasteiger partial charge in [0.2, 0.25) is 0 Å². The van der Waals surface area contributed by atoms with Crippen LogP contribution in [0.4, 0.5) is 0 Å².